The average Bonchev–Trinajstić information content (AvgIpc) is 2.98. The summed E-state index contributed by atoms with van der Waals surface area (Å²) in [5.41, 5.74) is -0.0390. The van der Waals surface area contributed by atoms with Crippen LogP contribution >= 0.6 is 0 Å². The largest absolute Gasteiger partial charge is 0.368 e. The number of hydrogen-bond donors (Lipinski definition) is 1. The first-order valence-corrected chi connectivity index (χ1v) is 7.40. The van der Waals surface area contributed by atoms with Crippen molar-refractivity contribution in [2.24, 2.45) is 0 Å². The second-order valence-electron chi connectivity index (χ2n) is 6.01. The average molecular weight is 266 g/mol. The Hall–Kier alpha value is -1.10. The summed E-state index contributed by atoms with van der Waals surface area (Å²) < 4.78 is 5.48. The topological polar surface area (TPSA) is 58.6 Å². The highest BCUT2D eigenvalue weighted by atomic mass is 16.5. The van der Waals surface area contributed by atoms with E-state index in [0.717, 1.165) is 51.6 Å². The van der Waals surface area contributed by atoms with Crippen molar-refractivity contribution in [3.05, 3.63) is 0 Å². The van der Waals surface area contributed by atoms with E-state index in [1.807, 2.05) is 4.90 Å². The molecular formula is C14H22N2O3. The van der Waals surface area contributed by atoms with Crippen molar-refractivity contribution in [1.29, 1.82) is 0 Å². The monoisotopic (exact) mass is 266 g/mol. The first kappa shape index (κ1) is 12.9. The number of nitrogens with zero attached hydrogens (tertiary/aromatic N) is 1. The molecule has 0 aliphatic carbocycles. The summed E-state index contributed by atoms with van der Waals surface area (Å²) in [6, 6.07) is 0. The van der Waals surface area contributed by atoms with E-state index in [-0.39, 0.29) is 23.5 Å². The molecule has 1 N–H and O–H groups in total. The first-order chi connectivity index (χ1) is 9.19. The Morgan fingerprint density at radius 3 is 2.84 bits per heavy atom. The van der Waals surface area contributed by atoms with Gasteiger partial charge in [0.05, 0.1) is 0 Å². The van der Waals surface area contributed by atoms with Gasteiger partial charge >= 0.3 is 0 Å². The minimum atomic E-state index is -0.216. The van der Waals surface area contributed by atoms with Crippen LogP contribution in [0.2, 0.25) is 0 Å². The van der Waals surface area contributed by atoms with Gasteiger partial charge in [0, 0.05) is 31.7 Å². The molecule has 0 saturated carbocycles. The zero-order valence-electron chi connectivity index (χ0n) is 11.3. The number of rotatable bonds is 1. The third kappa shape index (κ3) is 2.61. The van der Waals surface area contributed by atoms with Crippen molar-refractivity contribution in [2.45, 2.75) is 56.6 Å². The molecule has 3 rings (SSSR count). The molecule has 3 fully saturated rings. The maximum atomic E-state index is 12.3. The van der Waals surface area contributed by atoms with Crippen LogP contribution in [0, 0.1) is 0 Å². The lowest BCUT2D eigenvalue weighted by Crippen LogP contribution is -2.44. The van der Waals surface area contributed by atoms with Gasteiger partial charge in [-0.2, -0.15) is 0 Å². The van der Waals surface area contributed by atoms with Crippen molar-refractivity contribution < 1.29 is 14.3 Å². The van der Waals surface area contributed by atoms with Crippen molar-refractivity contribution >= 4 is 11.8 Å². The number of ether oxygens (including phenoxy) is 1. The van der Waals surface area contributed by atoms with Gasteiger partial charge in [0.2, 0.25) is 5.91 Å². The summed E-state index contributed by atoms with van der Waals surface area (Å²) in [4.78, 5) is 25.7. The molecule has 3 aliphatic rings. The van der Waals surface area contributed by atoms with E-state index in [4.69, 9.17) is 4.74 Å². The Labute approximate surface area is 113 Å². The van der Waals surface area contributed by atoms with E-state index in [1.165, 1.54) is 0 Å². The number of carbonyl (C=O) groups excluding carboxylic acids is 2. The van der Waals surface area contributed by atoms with Crippen LogP contribution in [0.15, 0.2) is 0 Å². The Morgan fingerprint density at radius 1 is 1.26 bits per heavy atom. The lowest BCUT2D eigenvalue weighted by molar-refractivity contribution is -0.140. The minimum Gasteiger partial charge on any atom is -0.368 e. The van der Waals surface area contributed by atoms with Gasteiger partial charge < -0.3 is 15.0 Å². The smallest absolute Gasteiger partial charge is 0.251 e. The molecule has 2 amide bonds. The molecule has 3 heterocycles. The lowest BCUT2D eigenvalue weighted by Gasteiger charge is -2.28. The van der Waals surface area contributed by atoms with Crippen LogP contribution in [-0.2, 0) is 14.3 Å². The minimum absolute atomic E-state index is 0.0390. The Morgan fingerprint density at radius 2 is 2.16 bits per heavy atom. The zero-order chi connectivity index (χ0) is 13.3. The molecule has 2 atom stereocenters. The molecule has 3 aliphatic heterocycles. The molecule has 0 unspecified atom stereocenters. The Bertz CT molecular complexity index is 379. The second kappa shape index (κ2) is 5.12. The maximum Gasteiger partial charge on any atom is 0.251 e. The standard InChI is InChI=1S/C14H22N2O3/c17-12-4-6-14(15-12)5-2-8-16(9-7-14)13(18)11-3-1-10-19-11/h11H,1-10H2,(H,15,17)/t11-,14+/m1/s1. The summed E-state index contributed by atoms with van der Waals surface area (Å²) in [6.45, 7) is 2.26. The molecule has 3 saturated heterocycles. The fourth-order valence-corrected chi connectivity index (χ4v) is 3.54. The Balaban J connectivity index is 1.61. The van der Waals surface area contributed by atoms with E-state index in [9.17, 15) is 9.59 Å². The normalized spacial score (nSPS) is 35.5. The van der Waals surface area contributed by atoms with Crippen LogP contribution in [0.3, 0.4) is 0 Å². The summed E-state index contributed by atoms with van der Waals surface area (Å²) in [5, 5.41) is 3.13. The molecule has 0 radical (unpaired) electrons. The van der Waals surface area contributed by atoms with Gasteiger partial charge in [-0.25, -0.2) is 0 Å². The van der Waals surface area contributed by atoms with Crippen molar-refractivity contribution in [1.82, 2.24) is 10.2 Å². The van der Waals surface area contributed by atoms with E-state index < -0.39 is 0 Å². The predicted octanol–water partition coefficient (Wildman–Crippen LogP) is 0.827. The van der Waals surface area contributed by atoms with Gasteiger partial charge in [-0.1, -0.05) is 0 Å². The lowest BCUT2D eigenvalue weighted by atomic mass is 9.89. The number of carbonyl (C=O) groups is 2. The molecule has 0 aromatic rings. The molecule has 0 aromatic carbocycles. The van der Waals surface area contributed by atoms with Crippen molar-refractivity contribution in [3.63, 3.8) is 0 Å². The second-order valence-corrected chi connectivity index (χ2v) is 6.01. The van der Waals surface area contributed by atoms with Gasteiger partial charge in [-0.3, -0.25) is 9.59 Å². The first-order valence-electron chi connectivity index (χ1n) is 7.40. The molecular weight excluding hydrogens is 244 g/mol. The van der Waals surface area contributed by atoms with E-state index in [1.54, 1.807) is 0 Å². The van der Waals surface area contributed by atoms with Gasteiger partial charge in [0.1, 0.15) is 6.10 Å². The summed E-state index contributed by atoms with van der Waals surface area (Å²) in [7, 11) is 0. The van der Waals surface area contributed by atoms with E-state index >= 15 is 0 Å². The zero-order valence-corrected chi connectivity index (χ0v) is 11.3. The van der Waals surface area contributed by atoms with E-state index in [0.29, 0.717) is 13.0 Å². The van der Waals surface area contributed by atoms with E-state index in [2.05, 4.69) is 5.32 Å². The third-order valence-corrected chi connectivity index (χ3v) is 4.70. The maximum absolute atomic E-state index is 12.3. The molecule has 0 bridgehead atoms. The number of hydrogen-bond acceptors (Lipinski definition) is 3. The Kier molecular flexibility index (Phi) is 3.48. The molecule has 1 spiro atoms. The highest BCUT2D eigenvalue weighted by molar-refractivity contribution is 5.81. The third-order valence-electron chi connectivity index (χ3n) is 4.70. The number of likely N-dealkylation sites (tertiary alicyclic amines) is 1. The molecule has 5 heteroatoms. The van der Waals surface area contributed by atoms with Crippen molar-refractivity contribution in [3.8, 4) is 0 Å². The summed E-state index contributed by atoms with van der Waals surface area (Å²) >= 11 is 0. The SMILES string of the molecule is O=C1CC[C@]2(CCCN(C(=O)[C@H]3CCCO3)CC2)N1. The summed E-state index contributed by atoms with van der Waals surface area (Å²) in [5.74, 6) is 0.317. The quantitative estimate of drug-likeness (QED) is 0.764. The molecule has 19 heavy (non-hydrogen) atoms. The fourth-order valence-electron chi connectivity index (χ4n) is 3.54. The van der Waals surface area contributed by atoms with Crippen LogP contribution in [0.1, 0.15) is 44.9 Å². The number of nitrogens with one attached hydrogen (secondary N) is 1. The molecule has 0 aromatic heterocycles. The van der Waals surface area contributed by atoms with Crippen LogP contribution < -0.4 is 5.32 Å². The van der Waals surface area contributed by atoms with Crippen LogP contribution in [0.25, 0.3) is 0 Å². The summed E-state index contributed by atoms with van der Waals surface area (Å²) in [6.07, 6.45) is 6.05. The van der Waals surface area contributed by atoms with Gasteiger partial charge in [0.25, 0.3) is 5.91 Å². The number of amides is 2. The molecule has 5 nitrogen and oxygen atoms in total. The van der Waals surface area contributed by atoms with Crippen LogP contribution in [-0.4, -0.2) is 48.1 Å². The van der Waals surface area contributed by atoms with Crippen molar-refractivity contribution in [2.75, 3.05) is 19.7 Å². The van der Waals surface area contributed by atoms with Crippen LogP contribution in [0.5, 0.6) is 0 Å². The van der Waals surface area contributed by atoms with Gasteiger partial charge in [-0.15, -0.1) is 0 Å². The predicted molar refractivity (Wildman–Crippen MR) is 69.5 cm³/mol. The van der Waals surface area contributed by atoms with Gasteiger partial charge in [0.15, 0.2) is 0 Å². The molecule has 106 valence electrons. The van der Waals surface area contributed by atoms with Gasteiger partial charge in [-0.05, 0) is 38.5 Å². The fraction of sp³-hybridized carbons (Fsp3) is 0.857. The van der Waals surface area contributed by atoms with Crippen LogP contribution in [0.4, 0.5) is 0 Å². The highest BCUT2D eigenvalue weighted by Gasteiger charge is 2.40. The highest BCUT2D eigenvalue weighted by Crippen LogP contribution is 2.31.